The van der Waals surface area contributed by atoms with Crippen molar-refractivity contribution in [2.45, 2.75) is 46.9 Å². The van der Waals surface area contributed by atoms with E-state index >= 15 is 0 Å². The largest absolute Gasteiger partial charge is 0.0654 e. The lowest BCUT2D eigenvalue weighted by molar-refractivity contribution is 0.319. The maximum atomic E-state index is 7.50. The molecule has 0 radical (unpaired) electrons. The van der Waals surface area contributed by atoms with Crippen molar-refractivity contribution in [2.75, 3.05) is 0 Å². The molecule has 0 heterocycles. The molecule has 0 saturated heterocycles. The molecular formula is C8H18. The van der Waals surface area contributed by atoms with E-state index in [0.717, 1.165) is 12.8 Å². The van der Waals surface area contributed by atoms with E-state index < -0.39 is 6.37 Å². The molecule has 0 heteroatoms. The average molecular weight is 116 g/mol. The van der Waals surface area contributed by atoms with Gasteiger partial charge in [-0.05, 0) is 11.8 Å². The van der Waals surface area contributed by atoms with Gasteiger partial charge in [-0.2, -0.15) is 0 Å². The summed E-state index contributed by atoms with van der Waals surface area (Å²) < 4.78 is 15.0. The Morgan fingerprint density at radius 3 is 2.00 bits per heavy atom. The van der Waals surface area contributed by atoms with Gasteiger partial charge in [0.1, 0.15) is 0 Å². The molecule has 50 valence electrons. The maximum Gasteiger partial charge on any atom is 0.0269 e. The highest BCUT2D eigenvalue weighted by atomic mass is 14.2. The van der Waals surface area contributed by atoms with Crippen LogP contribution in [0.25, 0.3) is 0 Å². The van der Waals surface area contributed by atoms with Crippen molar-refractivity contribution in [3.63, 3.8) is 0 Å². The average Bonchev–Trinajstić information content (AvgIpc) is 1.61. The number of rotatable bonds is 3. The Kier molecular flexibility index (Phi) is 1.88. The second-order valence-electron chi connectivity index (χ2n) is 2.88. The Hall–Kier alpha value is 0. The van der Waals surface area contributed by atoms with Crippen LogP contribution >= 0.6 is 0 Å². The Balaban J connectivity index is 4.10. The smallest absolute Gasteiger partial charge is 0.0269 e. The molecule has 0 fully saturated rings. The van der Waals surface area contributed by atoms with Crippen LogP contribution in [0, 0.1) is 5.41 Å². The van der Waals surface area contributed by atoms with Crippen LogP contribution in [0.1, 0.15) is 49.7 Å². The van der Waals surface area contributed by atoms with E-state index in [9.17, 15) is 0 Å². The topological polar surface area (TPSA) is 0 Å². The third-order valence-corrected chi connectivity index (χ3v) is 1.55. The highest BCUT2D eigenvalue weighted by Crippen LogP contribution is 2.25. The molecule has 0 aliphatic carbocycles. The SMILES string of the molecule is [2H]C([2H])(C)C(C)(C)CCC. The summed E-state index contributed by atoms with van der Waals surface area (Å²) >= 11 is 0. The fourth-order valence-corrected chi connectivity index (χ4v) is 0.750. The minimum absolute atomic E-state index is 0.179. The Bertz CT molecular complexity index is 100. The lowest BCUT2D eigenvalue weighted by Crippen LogP contribution is -2.07. The first-order valence-electron chi connectivity index (χ1n) is 4.31. The highest BCUT2D eigenvalue weighted by Gasteiger charge is 2.11. The minimum Gasteiger partial charge on any atom is -0.0654 e. The van der Waals surface area contributed by atoms with Gasteiger partial charge < -0.3 is 0 Å². The van der Waals surface area contributed by atoms with E-state index in [0.29, 0.717) is 0 Å². The Morgan fingerprint density at radius 1 is 1.38 bits per heavy atom. The normalized spacial score (nSPS) is 17.5. The van der Waals surface area contributed by atoms with Gasteiger partial charge in [-0.15, -0.1) is 0 Å². The molecule has 0 saturated carbocycles. The van der Waals surface area contributed by atoms with Crippen LogP contribution in [0.15, 0.2) is 0 Å². The summed E-state index contributed by atoms with van der Waals surface area (Å²) in [6.45, 7) is 7.71. The van der Waals surface area contributed by atoms with Crippen molar-refractivity contribution in [1.29, 1.82) is 0 Å². The van der Waals surface area contributed by atoms with Gasteiger partial charge in [-0.25, -0.2) is 0 Å². The summed E-state index contributed by atoms with van der Waals surface area (Å²) in [5, 5.41) is 0. The molecular weight excluding hydrogens is 96.1 g/mol. The van der Waals surface area contributed by atoms with Gasteiger partial charge in [0, 0.05) is 2.74 Å². The van der Waals surface area contributed by atoms with E-state index in [2.05, 4.69) is 6.92 Å². The molecule has 0 unspecified atom stereocenters. The molecule has 0 aliphatic rings. The zero-order chi connectivity index (χ0) is 8.41. The molecule has 0 aromatic heterocycles. The molecule has 0 atom stereocenters. The zero-order valence-corrected chi connectivity index (χ0v) is 6.41. The minimum atomic E-state index is -1.05. The van der Waals surface area contributed by atoms with E-state index in [4.69, 9.17) is 2.74 Å². The number of hydrogen-bond donors (Lipinski definition) is 0. The van der Waals surface area contributed by atoms with Gasteiger partial charge in [-0.1, -0.05) is 40.5 Å². The standard InChI is InChI=1S/C8H18/c1-5-7-8(3,4)6-2/h5-7H2,1-4H3/i6D2. The Morgan fingerprint density at radius 2 is 1.88 bits per heavy atom. The molecule has 0 N–H and O–H groups in total. The molecule has 8 heavy (non-hydrogen) atoms. The van der Waals surface area contributed by atoms with E-state index in [1.54, 1.807) is 6.92 Å². The third kappa shape index (κ3) is 3.06. The van der Waals surface area contributed by atoms with E-state index in [1.165, 1.54) is 0 Å². The first kappa shape index (κ1) is 4.84. The predicted octanol–water partition coefficient (Wildman–Crippen LogP) is 3.22. The van der Waals surface area contributed by atoms with Crippen molar-refractivity contribution in [1.82, 2.24) is 0 Å². The molecule has 0 aliphatic heterocycles. The van der Waals surface area contributed by atoms with Gasteiger partial charge >= 0.3 is 0 Å². The van der Waals surface area contributed by atoms with Crippen molar-refractivity contribution in [3.8, 4) is 0 Å². The van der Waals surface area contributed by atoms with Gasteiger partial charge in [0.05, 0.1) is 0 Å². The fraction of sp³-hybridized carbons (Fsp3) is 1.00. The van der Waals surface area contributed by atoms with Crippen molar-refractivity contribution < 1.29 is 2.74 Å². The summed E-state index contributed by atoms with van der Waals surface area (Å²) in [6.07, 6.45) is 0.958. The summed E-state index contributed by atoms with van der Waals surface area (Å²) in [4.78, 5) is 0. The summed E-state index contributed by atoms with van der Waals surface area (Å²) in [7, 11) is 0. The summed E-state index contributed by atoms with van der Waals surface area (Å²) in [5.41, 5.74) is -0.179. The molecule has 0 nitrogen and oxygen atoms in total. The molecule has 0 aromatic carbocycles. The summed E-state index contributed by atoms with van der Waals surface area (Å²) in [5.74, 6) is 0. The van der Waals surface area contributed by atoms with Gasteiger partial charge in [-0.3, -0.25) is 0 Å². The Labute approximate surface area is 56.1 Å². The van der Waals surface area contributed by atoms with E-state index in [1.807, 2.05) is 13.8 Å². The monoisotopic (exact) mass is 116 g/mol. The van der Waals surface area contributed by atoms with Gasteiger partial charge in [0.2, 0.25) is 0 Å². The van der Waals surface area contributed by atoms with E-state index in [-0.39, 0.29) is 5.41 Å². The van der Waals surface area contributed by atoms with Crippen LogP contribution < -0.4 is 0 Å². The number of hydrogen-bond acceptors (Lipinski definition) is 0. The zero-order valence-electron chi connectivity index (χ0n) is 8.41. The molecule has 0 bridgehead atoms. The van der Waals surface area contributed by atoms with Crippen molar-refractivity contribution in [2.24, 2.45) is 5.41 Å². The molecule has 0 rings (SSSR count). The van der Waals surface area contributed by atoms with Crippen molar-refractivity contribution >= 4 is 0 Å². The maximum absolute atomic E-state index is 7.50. The van der Waals surface area contributed by atoms with Crippen LogP contribution in [0.3, 0.4) is 0 Å². The lowest BCUT2D eigenvalue weighted by atomic mass is 9.86. The van der Waals surface area contributed by atoms with Gasteiger partial charge in [0.15, 0.2) is 0 Å². The quantitative estimate of drug-likeness (QED) is 0.531. The first-order valence-corrected chi connectivity index (χ1v) is 3.31. The van der Waals surface area contributed by atoms with Crippen LogP contribution in [-0.4, -0.2) is 0 Å². The predicted molar refractivity (Wildman–Crippen MR) is 39.0 cm³/mol. The fourth-order valence-electron chi connectivity index (χ4n) is 0.750. The molecule has 0 spiro atoms. The molecule has 0 aromatic rings. The third-order valence-electron chi connectivity index (χ3n) is 1.55. The van der Waals surface area contributed by atoms with Crippen LogP contribution in [0.4, 0.5) is 0 Å². The highest BCUT2D eigenvalue weighted by molar-refractivity contribution is 4.63. The summed E-state index contributed by atoms with van der Waals surface area (Å²) in [6, 6.07) is 0. The van der Waals surface area contributed by atoms with Gasteiger partial charge in [0.25, 0.3) is 0 Å². The van der Waals surface area contributed by atoms with Crippen LogP contribution in [0.2, 0.25) is 0 Å². The first-order chi connectivity index (χ1) is 4.31. The van der Waals surface area contributed by atoms with Crippen molar-refractivity contribution in [3.05, 3.63) is 0 Å². The van der Waals surface area contributed by atoms with Crippen LogP contribution in [-0.2, 0) is 0 Å². The lowest BCUT2D eigenvalue weighted by Gasteiger charge is -2.20. The van der Waals surface area contributed by atoms with Crippen LogP contribution in [0.5, 0.6) is 0 Å². The second kappa shape index (κ2) is 3.11. The molecule has 0 amide bonds. The second-order valence-corrected chi connectivity index (χ2v) is 2.88.